The molecule has 0 aromatic heterocycles. The van der Waals surface area contributed by atoms with Gasteiger partial charge >= 0.3 is 6.18 Å². The summed E-state index contributed by atoms with van der Waals surface area (Å²) in [6.07, 6.45) is -2.41. The maximum absolute atomic E-state index is 13.3. The SMILES string of the molecule is COCC(N)C(=O)N1CCCCC1c1ccccc1C(F)(F)F. The van der Waals surface area contributed by atoms with E-state index in [1.54, 1.807) is 6.07 Å². The van der Waals surface area contributed by atoms with Crippen LogP contribution in [0.25, 0.3) is 0 Å². The molecule has 2 unspecified atom stereocenters. The molecule has 0 bridgehead atoms. The van der Waals surface area contributed by atoms with Gasteiger partial charge in [0.15, 0.2) is 0 Å². The summed E-state index contributed by atoms with van der Waals surface area (Å²) in [6, 6.07) is 3.97. The van der Waals surface area contributed by atoms with E-state index < -0.39 is 23.8 Å². The van der Waals surface area contributed by atoms with Crippen molar-refractivity contribution < 1.29 is 22.7 Å². The molecule has 0 aliphatic carbocycles. The van der Waals surface area contributed by atoms with E-state index in [1.807, 2.05) is 0 Å². The standard InChI is InChI=1S/C16H21F3N2O2/c1-23-10-13(20)15(22)21-9-5-4-8-14(21)11-6-2-3-7-12(11)16(17,18)19/h2-3,6-7,13-14H,4-5,8-10,20H2,1H3. The first kappa shape index (κ1) is 17.7. The van der Waals surface area contributed by atoms with Crippen LogP contribution < -0.4 is 5.73 Å². The molecule has 0 radical (unpaired) electrons. The number of nitrogens with zero attached hydrogens (tertiary/aromatic N) is 1. The van der Waals surface area contributed by atoms with Gasteiger partial charge in [0.05, 0.1) is 18.2 Å². The van der Waals surface area contributed by atoms with Crippen molar-refractivity contribution in [3.05, 3.63) is 35.4 Å². The Morgan fingerprint density at radius 1 is 1.39 bits per heavy atom. The third kappa shape index (κ3) is 4.03. The highest BCUT2D eigenvalue weighted by atomic mass is 19.4. The monoisotopic (exact) mass is 330 g/mol. The van der Waals surface area contributed by atoms with Crippen LogP contribution in [-0.2, 0) is 15.7 Å². The second-order valence-electron chi connectivity index (χ2n) is 5.69. The number of likely N-dealkylation sites (tertiary alicyclic amines) is 1. The molecule has 2 atom stereocenters. The smallest absolute Gasteiger partial charge is 0.383 e. The number of amides is 1. The number of ether oxygens (including phenoxy) is 1. The molecular weight excluding hydrogens is 309 g/mol. The minimum atomic E-state index is -4.45. The minimum Gasteiger partial charge on any atom is -0.383 e. The van der Waals surface area contributed by atoms with Crippen molar-refractivity contribution in [3.8, 4) is 0 Å². The van der Waals surface area contributed by atoms with Gasteiger partial charge in [-0.15, -0.1) is 0 Å². The molecule has 1 heterocycles. The fraction of sp³-hybridized carbons (Fsp3) is 0.562. The van der Waals surface area contributed by atoms with Crippen LogP contribution in [0.1, 0.15) is 36.4 Å². The number of nitrogens with two attached hydrogens (primary N) is 1. The van der Waals surface area contributed by atoms with E-state index in [4.69, 9.17) is 10.5 Å². The Kier molecular flexibility index (Phi) is 5.64. The molecule has 1 aromatic carbocycles. The number of piperidine rings is 1. The maximum Gasteiger partial charge on any atom is 0.416 e. The third-order valence-electron chi connectivity index (χ3n) is 4.07. The molecule has 1 fully saturated rings. The van der Waals surface area contributed by atoms with E-state index in [0.717, 1.165) is 18.9 Å². The van der Waals surface area contributed by atoms with E-state index in [2.05, 4.69) is 0 Å². The van der Waals surface area contributed by atoms with Crippen molar-refractivity contribution in [2.24, 2.45) is 5.73 Å². The van der Waals surface area contributed by atoms with E-state index in [1.165, 1.54) is 24.1 Å². The van der Waals surface area contributed by atoms with Crippen molar-refractivity contribution in [1.82, 2.24) is 4.90 Å². The first-order chi connectivity index (χ1) is 10.9. The highest BCUT2D eigenvalue weighted by molar-refractivity contribution is 5.82. The Hall–Kier alpha value is -1.60. The number of carbonyl (C=O) groups is 1. The lowest BCUT2D eigenvalue weighted by Crippen LogP contribution is -2.49. The molecular formula is C16H21F3N2O2. The van der Waals surface area contributed by atoms with Gasteiger partial charge in [0, 0.05) is 13.7 Å². The predicted octanol–water partition coefficient (Wildman–Crippen LogP) is 2.73. The van der Waals surface area contributed by atoms with Gasteiger partial charge in [-0.1, -0.05) is 18.2 Å². The second-order valence-corrected chi connectivity index (χ2v) is 5.69. The van der Waals surface area contributed by atoms with Gasteiger partial charge in [0.25, 0.3) is 0 Å². The van der Waals surface area contributed by atoms with Crippen LogP contribution >= 0.6 is 0 Å². The molecule has 1 saturated heterocycles. The van der Waals surface area contributed by atoms with Gasteiger partial charge in [-0.05, 0) is 30.9 Å². The molecule has 1 aromatic rings. The van der Waals surface area contributed by atoms with Gasteiger partial charge in [0.1, 0.15) is 6.04 Å². The Morgan fingerprint density at radius 3 is 2.74 bits per heavy atom. The van der Waals surface area contributed by atoms with Crippen molar-refractivity contribution in [1.29, 1.82) is 0 Å². The molecule has 4 nitrogen and oxygen atoms in total. The van der Waals surface area contributed by atoms with Gasteiger partial charge in [-0.25, -0.2) is 0 Å². The van der Waals surface area contributed by atoms with Crippen molar-refractivity contribution in [2.45, 2.75) is 37.5 Å². The lowest BCUT2D eigenvalue weighted by Gasteiger charge is -2.38. The summed E-state index contributed by atoms with van der Waals surface area (Å²) < 4.78 is 44.7. The molecule has 1 aliphatic rings. The number of alkyl halides is 3. The van der Waals surface area contributed by atoms with Gasteiger partial charge < -0.3 is 15.4 Å². The van der Waals surface area contributed by atoms with Crippen LogP contribution in [0.2, 0.25) is 0 Å². The molecule has 2 N–H and O–H groups in total. The molecule has 0 spiro atoms. The van der Waals surface area contributed by atoms with E-state index in [0.29, 0.717) is 13.0 Å². The molecule has 2 rings (SSSR count). The lowest BCUT2D eigenvalue weighted by molar-refractivity contribution is -0.143. The summed E-state index contributed by atoms with van der Waals surface area (Å²) in [7, 11) is 1.43. The first-order valence-corrected chi connectivity index (χ1v) is 7.57. The number of hydrogen-bond acceptors (Lipinski definition) is 3. The molecule has 23 heavy (non-hydrogen) atoms. The zero-order valence-corrected chi connectivity index (χ0v) is 13.0. The van der Waals surface area contributed by atoms with Gasteiger partial charge in [-0.2, -0.15) is 13.2 Å². The summed E-state index contributed by atoms with van der Waals surface area (Å²) in [5.41, 5.74) is 5.23. The average Bonchev–Trinajstić information content (AvgIpc) is 2.53. The minimum absolute atomic E-state index is 0.0446. The largest absolute Gasteiger partial charge is 0.416 e. The van der Waals surface area contributed by atoms with E-state index >= 15 is 0 Å². The Bertz CT molecular complexity index is 548. The Morgan fingerprint density at radius 2 is 2.09 bits per heavy atom. The quantitative estimate of drug-likeness (QED) is 0.923. The summed E-state index contributed by atoms with van der Waals surface area (Å²) in [6.45, 7) is 0.454. The number of hydrogen-bond donors (Lipinski definition) is 1. The van der Waals surface area contributed by atoms with Crippen LogP contribution in [-0.4, -0.2) is 37.1 Å². The lowest BCUT2D eigenvalue weighted by atomic mass is 9.91. The number of carbonyl (C=O) groups excluding carboxylic acids is 1. The zero-order chi connectivity index (χ0) is 17.0. The number of benzene rings is 1. The summed E-state index contributed by atoms with van der Waals surface area (Å²) >= 11 is 0. The molecule has 1 amide bonds. The van der Waals surface area contributed by atoms with Crippen LogP contribution in [0.3, 0.4) is 0 Å². The number of rotatable bonds is 4. The average molecular weight is 330 g/mol. The number of methoxy groups -OCH3 is 1. The summed E-state index contributed by atoms with van der Waals surface area (Å²) in [5, 5.41) is 0. The molecule has 0 saturated carbocycles. The first-order valence-electron chi connectivity index (χ1n) is 7.57. The molecule has 7 heteroatoms. The van der Waals surface area contributed by atoms with E-state index in [-0.39, 0.29) is 18.1 Å². The van der Waals surface area contributed by atoms with Gasteiger partial charge in [0.2, 0.25) is 5.91 Å². The van der Waals surface area contributed by atoms with Crippen molar-refractivity contribution in [2.75, 3.05) is 20.3 Å². The van der Waals surface area contributed by atoms with Crippen molar-refractivity contribution >= 4 is 5.91 Å². The van der Waals surface area contributed by atoms with E-state index in [9.17, 15) is 18.0 Å². The molecule has 128 valence electrons. The second kappa shape index (κ2) is 7.31. The van der Waals surface area contributed by atoms with Crippen LogP contribution in [0, 0.1) is 0 Å². The predicted molar refractivity (Wildman–Crippen MR) is 79.6 cm³/mol. The highest BCUT2D eigenvalue weighted by Crippen LogP contribution is 2.39. The normalized spacial score (nSPS) is 20.4. The highest BCUT2D eigenvalue weighted by Gasteiger charge is 2.38. The van der Waals surface area contributed by atoms with Crippen LogP contribution in [0.4, 0.5) is 13.2 Å². The number of halogens is 3. The fourth-order valence-corrected chi connectivity index (χ4v) is 3.03. The topological polar surface area (TPSA) is 55.6 Å². The fourth-order valence-electron chi connectivity index (χ4n) is 3.03. The van der Waals surface area contributed by atoms with Crippen LogP contribution in [0.5, 0.6) is 0 Å². The maximum atomic E-state index is 13.3. The summed E-state index contributed by atoms with van der Waals surface area (Å²) in [4.78, 5) is 13.9. The Labute approximate surface area is 133 Å². The van der Waals surface area contributed by atoms with Crippen LogP contribution in [0.15, 0.2) is 24.3 Å². The summed E-state index contributed by atoms with van der Waals surface area (Å²) in [5.74, 6) is -0.367. The molecule has 1 aliphatic heterocycles. The van der Waals surface area contributed by atoms with Gasteiger partial charge in [-0.3, -0.25) is 4.79 Å². The van der Waals surface area contributed by atoms with Crippen molar-refractivity contribution in [3.63, 3.8) is 0 Å². The zero-order valence-electron chi connectivity index (χ0n) is 13.0. The third-order valence-corrected chi connectivity index (χ3v) is 4.07. The Balaban J connectivity index is 2.34.